The lowest BCUT2D eigenvalue weighted by molar-refractivity contribution is -0.141. The molecular weight excluding hydrogens is 335 g/mol. The lowest BCUT2D eigenvalue weighted by Gasteiger charge is -2.24. The summed E-state index contributed by atoms with van der Waals surface area (Å²) in [7, 11) is 0. The highest BCUT2D eigenvalue weighted by atomic mass is 19.1. The van der Waals surface area contributed by atoms with Gasteiger partial charge in [-0.25, -0.2) is 4.39 Å². The van der Waals surface area contributed by atoms with Crippen LogP contribution in [0.5, 0.6) is 5.75 Å². The average Bonchev–Trinajstić information content (AvgIpc) is 2.66. The van der Waals surface area contributed by atoms with E-state index in [-0.39, 0.29) is 30.7 Å². The number of para-hydroxylation sites is 1. The fourth-order valence-electron chi connectivity index (χ4n) is 2.39. The van der Waals surface area contributed by atoms with E-state index < -0.39 is 6.10 Å². The molecule has 26 heavy (non-hydrogen) atoms. The zero-order chi connectivity index (χ0) is 18.9. The van der Waals surface area contributed by atoms with Crippen LogP contribution in [0.2, 0.25) is 0 Å². The zero-order valence-corrected chi connectivity index (χ0v) is 14.9. The molecule has 0 aliphatic rings. The van der Waals surface area contributed by atoms with Gasteiger partial charge in [-0.1, -0.05) is 30.3 Å². The van der Waals surface area contributed by atoms with Crippen molar-refractivity contribution in [2.45, 2.75) is 26.5 Å². The molecule has 5 nitrogen and oxygen atoms in total. The Balaban J connectivity index is 1.85. The van der Waals surface area contributed by atoms with Crippen LogP contribution < -0.4 is 10.1 Å². The monoisotopic (exact) mass is 358 g/mol. The number of nitrogens with one attached hydrogen (secondary N) is 1. The van der Waals surface area contributed by atoms with Crippen molar-refractivity contribution in [3.63, 3.8) is 0 Å². The number of ether oxygens (including phenoxy) is 1. The molecule has 0 fully saturated rings. The highest BCUT2D eigenvalue weighted by molar-refractivity contribution is 5.87. The van der Waals surface area contributed by atoms with E-state index in [1.807, 2.05) is 18.2 Å². The minimum Gasteiger partial charge on any atom is -0.481 e. The molecule has 1 unspecified atom stereocenters. The molecule has 0 aromatic heterocycles. The summed E-state index contributed by atoms with van der Waals surface area (Å²) in [5.74, 6) is -0.259. The fourth-order valence-corrected chi connectivity index (χ4v) is 2.39. The minimum atomic E-state index is -0.692. The number of benzene rings is 2. The van der Waals surface area contributed by atoms with Crippen molar-refractivity contribution >= 4 is 11.8 Å². The lowest BCUT2D eigenvalue weighted by atomic mass is 10.2. The van der Waals surface area contributed by atoms with Crippen molar-refractivity contribution in [1.29, 1.82) is 0 Å². The third kappa shape index (κ3) is 5.88. The van der Waals surface area contributed by atoms with Crippen LogP contribution in [0, 0.1) is 5.82 Å². The van der Waals surface area contributed by atoms with Crippen LogP contribution in [0.4, 0.5) is 4.39 Å². The standard InChI is InChI=1S/C20H23FN2O3/c1-3-23(20(25)15(2)26-18-7-5-4-6-8-18)14-19(24)22-13-16-9-11-17(21)12-10-16/h4-12,15H,3,13-14H2,1-2H3,(H,22,24). The first kappa shape index (κ1) is 19.4. The molecule has 0 radical (unpaired) electrons. The van der Waals surface area contributed by atoms with Crippen LogP contribution in [0.1, 0.15) is 19.4 Å². The summed E-state index contributed by atoms with van der Waals surface area (Å²) in [5.41, 5.74) is 0.787. The third-order valence-corrected chi connectivity index (χ3v) is 3.83. The Hall–Kier alpha value is -2.89. The van der Waals surface area contributed by atoms with Gasteiger partial charge in [0.05, 0.1) is 6.54 Å². The number of carbonyl (C=O) groups excluding carboxylic acids is 2. The molecule has 6 heteroatoms. The van der Waals surface area contributed by atoms with Crippen LogP contribution in [0.25, 0.3) is 0 Å². The Kier molecular flexibility index (Phi) is 7.14. The van der Waals surface area contributed by atoms with Crippen LogP contribution in [0.3, 0.4) is 0 Å². The Morgan fingerprint density at radius 2 is 1.77 bits per heavy atom. The summed E-state index contributed by atoms with van der Waals surface area (Å²) < 4.78 is 18.5. The number of likely N-dealkylation sites (N-methyl/N-ethyl adjacent to an activating group) is 1. The SMILES string of the molecule is CCN(CC(=O)NCc1ccc(F)cc1)C(=O)C(C)Oc1ccccc1. The molecule has 2 aromatic carbocycles. The molecule has 2 amide bonds. The van der Waals surface area contributed by atoms with E-state index in [1.165, 1.54) is 17.0 Å². The molecule has 0 bridgehead atoms. The second-order valence-corrected chi connectivity index (χ2v) is 5.83. The molecule has 0 saturated heterocycles. The van der Waals surface area contributed by atoms with Gasteiger partial charge in [-0.2, -0.15) is 0 Å². The molecule has 2 rings (SSSR count). The average molecular weight is 358 g/mol. The van der Waals surface area contributed by atoms with Crippen molar-refractivity contribution in [2.75, 3.05) is 13.1 Å². The smallest absolute Gasteiger partial charge is 0.263 e. The van der Waals surface area contributed by atoms with Gasteiger partial charge < -0.3 is 15.0 Å². The Morgan fingerprint density at radius 3 is 2.38 bits per heavy atom. The highest BCUT2D eigenvalue weighted by Gasteiger charge is 2.22. The second-order valence-electron chi connectivity index (χ2n) is 5.83. The van der Waals surface area contributed by atoms with Crippen molar-refractivity contribution in [1.82, 2.24) is 10.2 Å². The van der Waals surface area contributed by atoms with Crippen LogP contribution in [-0.4, -0.2) is 35.9 Å². The van der Waals surface area contributed by atoms with Gasteiger partial charge in [-0.3, -0.25) is 9.59 Å². The van der Waals surface area contributed by atoms with E-state index in [4.69, 9.17) is 4.74 Å². The van der Waals surface area contributed by atoms with Gasteiger partial charge in [0, 0.05) is 13.1 Å². The molecule has 1 N–H and O–H groups in total. The Labute approximate surface area is 152 Å². The van der Waals surface area contributed by atoms with Crippen LogP contribution in [0.15, 0.2) is 54.6 Å². The van der Waals surface area contributed by atoms with Gasteiger partial charge in [-0.15, -0.1) is 0 Å². The predicted octanol–water partition coefficient (Wildman–Crippen LogP) is 2.76. The molecule has 1 atom stereocenters. The Bertz CT molecular complexity index is 720. The quantitative estimate of drug-likeness (QED) is 0.789. The summed E-state index contributed by atoms with van der Waals surface area (Å²) in [5, 5.41) is 2.73. The molecule has 2 aromatic rings. The van der Waals surface area contributed by atoms with Gasteiger partial charge in [0.1, 0.15) is 11.6 Å². The summed E-state index contributed by atoms with van der Waals surface area (Å²) in [6, 6.07) is 15.0. The van der Waals surface area contributed by atoms with E-state index in [0.717, 1.165) is 5.56 Å². The number of rotatable bonds is 8. The molecule has 0 aliphatic carbocycles. The Morgan fingerprint density at radius 1 is 1.12 bits per heavy atom. The van der Waals surface area contributed by atoms with E-state index in [2.05, 4.69) is 5.32 Å². The molecule has 138 valence electrons. The molecule has 0 aliphatic heterocycles. The zero-order valence-electron chi connectivity index (χ0n) is 14.9. The predicted molar refractivity (Wildman–Crippen MR) is 97.0 cm³/mol. The number of amides is 2. The number of hydrogen-bond donors (Lipinski definition) is 1. The van der Waals surface area contributed by atoms with Crippen molar-refractivity contribution in [3.8, 4) is 5.75 Å². The number of halogens is 1. The third-order valence-electron chi connectivity index (χ3n) is 3.83. The summed E-state index contributed by atoms with van der Waals surface area (Å²) >= 11 is 0. The maximum Gasteiger partial charge on any atom is 0.263 e. The number of hydrogen-bond acceptors (Lipinski definition) is 3. The molecule has 0 heterocycles. The van der Waals surface area contributed by atoms with Gasteiger partial charge in [-0.05, 0) is 43.7 Å². The van der Waals surface area contributed by atoms with E-state index in [9.17, 15) is 14.0 Å². The number of carbonyl (C=O) groups is 2. The van der Waals surface area contributed by atoms with Crippen LogP contribution >= 0.6 is 0 Å². The fraction of sp³-hybridized carbons (Fsp3) is 0.300. The van der Waals surface area contributed by atoms with Crippen molar-refractivity contribution < 1.29 is 18.7 Å². The maximum absolute atomic E-state index is 12.9. The normalized spacial score (nSPS) is 11.5. The maximum atomic E-state index is 12.9. The van der Waals surface area contributed by atoms with Crippen molar-refractivity contribution in [2.24, 2.45) is 0 Å². The molecular formula is C20H23FN2O3. The largest absolute Gasteiger partial charge is 0.481 e. The minimum absolute atomic E-state index is 0.0565. The van der Waals surface area contributed by atoms with Gasteiger partial charge >= 0.3 is 0 Å². The molecule has 0 saturated carbocycles. The van der Waals surface area contributed by atoms with E-state index >= 15 is 0 Å². The highest BCUT2D eigenvalue weighted by Crippen LogP contribution is 2.12. The first-order chi connectivity index (χ1) is 12.5. The summed E-state index contributed by atoms with van der Waals surface area (Å²) in [6.45, 7) is 4.08. The van der Waals surface area contributed by atoms with Crippen molar-refractivity contribution in [3.05, 3.63) is 66.0 Å². The second kappa shape index (κ2) is 9.56. The summed E-state index contributed by atoms with van der Waals surface area (Å²) in [6.07, 6.45) is -0.692. The number of nitrogens with zero attached hydrogens (tertiary/aromatic N) is 1. The van der Waals surface area contributed by atoms with E-state index in [0.29, 0.717) is 12.3 Å². The topological polar surface area (TPSA) is 58.6 Å². The van der Waals surface area contributed by atoms with Gasteiger partial charge in [0.25, 0.3) is 5.91 Å². The summed E-state index contributed by atoms with van der Waals surface area (Å²) in [4.78, 5) is 26.1. The van der Waals surface area contributed by atoms with Gasteiger partial charge in [0.15, 0.2) is 6.10 Å². The van der Waals surface area contributed by atoms with Crippen LogP contribution in [-0.2, 0) is 16.1 Å². The molecule has 0 spiro atoms. The van der Waals surface area contributed by atoms with Gasteiger partial charge in [0.2, 0.25) is 5.91 Å². The first-order valence-corrected chi connectivity index (χ1v) is 8.51. The first-order valence-electron chi connectivity index (χ1n) is 8.51. The van der Waals surface area contributed by atoms with E-state index in [1.54, 1.807) is 38.1 Å². The lowest BCUT2D eigenvalue weighted by Crippen LogP contribution is -2.45.